The van der Waals surface area contributed by atoms with Crippen LogP contribution in [0.3, 0.4) is 0 Å². The number of para-hydroxylation sites is 2. The molecule has 2 aromatic carbocycles. The van der Waals surface area contributed by atoms with Gasteiger partial charge in [-0.05, 0) is 36.9 Å². The van der Waals surface area contributed by atoms with Crippen LogP contribution in [0.1, 0.15) is 16.6 Å². The summed E-state index contributed by atoms with van der Waals surface area (Å²) in [4.78, 5) is 18.0. The molecular formula is C21H21ClFN3OS. The van der Waals surface area contributed by atoms with Gasteiger partial charge in [0, 0.05) is 36.3 Å². The van der Waals surface area contributed by atoms with E-state index in [1.54, 1.807) is 6.07 Å². The fourth-order valence-electron chi connectivity index (χ4n) is 3.52. The topological polar surface area (TPSA) is 35.6 Å². The van der Waals surface area contributed by atoms with E-state index in [1.165, 1.54) is 23.5 Å². The second-order valence-corrected chi connectivity index (χ2v) is 8.21. The lowest BCUT2D eigenvalue weighted by Gasteiger charge is -2.36. The fraction of sp³-hybridized carbons (Fsp3) is 0.286. The highest BCUT2D eigenvalue weighted by Gasteiger charge is 2.21. The number of nitrogens with zero attached hydrogens (tertiary/aromatic N) is 2. The van der Waals surface area contributed by atoms with Crippen molar-refractivity contribution in [3.05, 3.63) is 58.2 Å². The van der Waals surface area contributed by atoms with Gasteiger partial charge in [-0.15, -0.1) is 11.3 Å². The van der Waals surface area contributed by atoms with Crippen LogP contribution >= 0.6 is 22.9 Å². The van der Waals surface area contributed by atoms with Gasteiger partial charge in [-0.2, -0.15) is 0 Å². The third-order valence-electron chi connectivity index (χ3n) is 5.11. The van der Waals surface area contributed by atoms with Gasteiger partial charge >= 0.3 is 0 Å². The highest BCUT2D eigenvalue weighted by molar-refractivity contribution is 7.21. The molecule has 0 radical (unpaired) electrons. The first-order valence-corrected chi connectivity index (χ1v) is 10.5. The van der Waals surface area contributed by atoms with Gasteiger partial charge in [0.15, 0.2) is 0 Å². The summed E-state index contributed by atoms with van der Waals surface area (Å²) in [6.45, 7) is 7.08. The van der Waals surface area contributed by atoms with Crippen molar-refractivity contribution in [2.24, 2.45) is 0 Å². The predicted molar refractivity (Wildman–Crippen MR) is 116 cm³/mol. The molecule has 0 atom stereocenters. The fourth-order valence-corrected chi connectivity index (χ4v) is 4.96. The molecule has 28 heavy (non-hydrogen) atoms. The Labute approximate surface area is 172 Å². The summed E-state index contributed by atoms with van der Waals surface area (Å²) in [5.41, 5.74) is 1.77. The maximum atomic E-state index is 13.5. The Morgan fingerprint density at radius 2 is 1.93 bits per heavy atom. The molecule has 3 aromatic rings. The summed E-state index contributed by atoms with van der Waals surface area (Å²) in [6.07, 6.45) is 0. The van der Waals surface area contributed by atoms with Crippen molar-refractivity contribution in [1.82, 2.24) is 4.90 Å². The van der Waals surface area contributed by atoms with E-state index in [2.05, 4.69) is 22.0 Å². The molecule has 1 aromatic heterocycles. The van der Waals surface area contributed by atoms with Gasteiger partial charge in [0.25, 0.3) is 5.91 Å². The Kier molecular flexibility index (Phi) is 5.53. The summed E-state index contributed by atoms with van der Waals surface area (Å²) in [5, 5.41) is 4.07. The van der Waals surface area contributed by atoms with Gasteiger partial charge in [-0.3, -0.25) is 4.79 Å². The molecule has 1 fully saturated rings. The van der Waals surface area contributed by atoms with Gasteiger partial charge in [-0.25, -0.2) is 4.39 Å². The Balaban J connectivity index is 1.58. The first kappa shape index (κ1) is 19.2. The lowest BCUT2D eigenvalue weighted by molar-refractivity contribution is 0.103. The summed E-state index contributed by atoms with van der Waals surface area (Å²) in [5.74, 6) is -0.611. The van der Waals surface area contributed by atoms with Crippen molar-refractivity contribution in [3.8, 4) is 0 Å². The molecule has 0 aliphatic carbocycles. The monoisotopic (exact) mass is 417 g/mol. The average Bonchev–Trinajstić information content (AvgIpc) is 3.04. The third kappa shape index (κ3) is 3.72. The molecule has 7 heteroatoms. The van der Waals surface area contributed by atoms with E-state index >= 15 is 0 Å². The Morgan fingerprint density at radius 1 is 1.18 bits per heavy atom. The first-order chi connectivity index (χ1) is 13.6. The van der Waals surface area contributed by atoms with Crippen molar-refractivity contribution < 1.29 is 9.18 Å². The van der Waals surface area contributed by atoms with E-state index in [-0.39, 0.29) is 11.7 Å². The molecule has 0 spiro atoms. The van der Waals surface area contributed by atoms with Gasteiger partial charge < -0.3 is 15.1 Å². The lowest BCUT2D eigenvalue weighted by Crippen LogP contribution is -2.46. The number of carbonyl (C=O) groups excluding carboxylic acids is 1. The minimum absolute atomic E-state index is 0.272. The van der Waals surface area contributed by atoms with Crippen LogP contribution < -0.4 is 10.2 Å². The van der Waals surface area contributed by atoms with Crippen molar-refractivity contribution in [1.29, 1.82) is 0 Å². The normalized spacial score (nSPS) is 15.2. The lowest BCUT2D eigenvalue weighted by atomic mass is 10.2. The number of rotatable bonds is 4. The maximum Gasteiger partial charge on any atom is 0.267 e. The molecule has 0 saturated carbocycles. The second kappa shape index (κ2) is 8.07. The number of hydrogen-bond acceptors (Lipinski definition) is 4. The molecular weight excluding hydrogens is 397 g/mol. The number of hydrogen-bond donors (Lipinski definition) is 1. The zero-order valence-corrected chi connectivity index (χ0v) is 17.1. The average molecular weight is 418 g/mol. The smallest absolute Gasteiger partial charge is 0.267 e. The van der Waals surface area contributed by atoms with Gasteiger partial charge in [-0.1, -0.05) is 30.7 Å². The van der Waals surface area contributed by atoms with E-state index in [9.17, 15) is 9.18 Å². The van der Waals surface area contributed by atoms with Crippen molar-refractivity contribution in [3.63, 3.8) is 0 Å². The molecule has 1 aliphatic rings. The summed E-state index contributed by atoms with van der Waals surface area (Å²) < 4.78 is 14.2. The van der Waals surface area contributed by atoms with E-state index < -0.39 is 0 Å². The zero-order valence-electron chi connectivity index (χ0n) is 15.5. The molecule has 0 bridgehead atoms. The van der Waals surface area contributed by atoms with Crippen molar-refractivity contribution in [2.75, 3.05) is 42.9 Å². The van der Waals surface area contributed by atoms with Crippen LogP contribution in [0.15, 0.2) is 42.5 Å². The number of halogens is 2. The van der Waals surface area contributed by atoms with E-state index in [0.717, 1.165) is 44.1 Å². The Morgan fingerprint density at radius 3 is 2.68 bits per heavy atom. The van der Waals surface area contributed by atoms with Crippen LogP contribution in [-0.2, 0) is 0 Å². The number of piperazine rings is 1. The van der Waals surface area contributed by atoms with Crippen LogP contribution in [-0.4, -0.2) is 43.5 Å². The number of amides is 1. The standard InChI is InChI=1S/C21H21ClFN3OS/c1-2-25-9-11-26(12-10-25)17-6-4-3-5-16(17)24-21(27)20-19(22)15-8-7-14(23)13-18(15)28-20/h3-8,13H,2,9-12H2,1H3,(H,24,27). The van der Waals surface area contributed by atoms with Crippen LogP contribution in [0.4, 0.5) is 15.8 Å². The van der Waals surface area contributed by atoms with Gasteiger partial charge in [0.1, 0.15) is 10.7 Å². The number of carbonyl (C=O) groups is 1. The van der Waals surface area contributed by atoms with Crippen LogP contribution in [0, 0.1) is 5.82 Å². The first-order valence-electron chi connectivity index (χ1n) is 9.32. The van der Waals surface area contributed by atoms with Crippen LogP contribution in [0.25, 0.3) is 10.1 Å². The van der Waals surface area contributed by atoms with Gasteiger partial charge in [0.2, 0.25) is 0 Å². The second-order valence-electron chi connectivity index (χ2n) is 6.78. The molecule has 4 nitrogen and oxygen atoms in total. The summed E-state index contributed by atoms with van der Waals surface area (Å²) in [6, 6.07) is 12.2. The molecule has 2 heterocycles. The SMILES string of the molecule is CCN1CCN(c2ccccc2NC(=O)c2sc3cc(F)ccc3c2Cl)CC1. The van der Waals surface area contributed by atoms with Crippen molar-refractivity contribution >= 4 is 50.3 Å². The highest BCUT2D eigenvalue weighted by Crippen LogP contribution is 2.37. The minimum atomic E-state index is -0.339. The van der Waals surface area contributed by atoms with E-state index in [1.807, 2.05) is 24.3 Å². The molecule has 0 unspecified atom stereocenters. The van der Waals surface area contributed by atoms with E-state index in [0.29, 0.717) is 20.0 Å². The molecule has 146 valence electrons. The molecule has 1 N–H and O–H groups in total. The predicted octanol–water partition coefficient (Wildman–Crippen LogP) is 5.09. The number of fused-ring (bicyclic) bond motifs is 1. The zero-order chi connectivity index (χ0) is 19.7. The minimum Gasteiger partial charge on any atom is -0.367 e. The van der Waals surface area contributed by atoms with Crippen LogP contribution in [0.5, 0.6) is 0 Å². The summed E-state index contributed by atoms with van der Waals surface area (Å²) in [7, 11) is 0. The molecule has 1 saturated heterocycles. The quantitative estimate of drug-likeness (QED) is 0.642. The Hall–Kier alpha value is -2.15. The maximum absolute atomic E-state index is 13.5. The van der Waals surface area contributed by atoms with Crippen molar-refractivity contribution in [2.45, 2.75) is 6.92 Å². The Bertz CT molecular complexity index is 1010. The summed E-state index contributed by atoms with van der Waals surface area (Å²) >= 11 is 7.61. The third-order valence-corrected chi connectivity index (χ3v) is 6.77. The largest absolute Gasteiger partial charge is 0.367 e. The number of thiophene rings is 1. The molecule has 1 amide bonds. The number of anilines is 2. The molecule has 4 rings (SSSR count). The van der Waals surface area contributed by atoms with Gasteiger partial charge in [0.05, 0.1) is 16.4 Å². The number of benzene rings is 2. The number of likely N-dealkylation sites (N-methyl/N-ethyl adjacent to an activating group) is 1. The van der Waals surface area contributed by atoms with Crippen LogP contribution in [0.2, 0.25) is 5.02 Å². The molecule has 1 aliphatic heterocycles. The number of nitrogens with one attached hydrogen (secondary N) is 1. The highest BCUT2D eigenvalue weighted by atomic mass is 35.5. The van der Waals surface area contributed by atoms with E-state index in [4.69, 9.17) is 11.6 Å².